The number of rotatable bonds is 8. The number of hydrogen-bond acceptors (Lipinski definition) is 4. The SMILES string of the molecule is CCO[C@H]1OC(C(=O)NC2CC2)=C[C@@H](C2CC2)[C@H]1CCCO. The molecule has 2 aliphatic carbocycles. The van der Waals surface area contributed by atoms with Gasteiger partial charge in [0.05, 0.1) is 0 Å². The van der Waals surface area contributed by atoms with Crippen LogP contribution in [0.5, 0.6) is 0 Å². The number of aliphatic hydroxyl groups excluding tert-OH is 1. The minimum absolute atomic E-state index is 0.0986. The average molecular weight is 309 g/mol. The molecule has 2 N–H and O–H groups in total. The molecule has 3 atom stereocenters. The summed E-state index contributed by atoms with van der Waals surface area (Å²) in [6.45, 7) is 2.70. The second kappa shape index (κ2) is 7.01. The van der Waals surface area contributed by atoms with Gasteiger partial charge in [-0.1, -0.05) is 0 Å². The Balaban J connectivity index is 1.74. The Kier molecular flexibility index (Phi) is 5.03. The van der Waals surface area contributed by atoms with Crippen LogP contribution in [-0.4, -0.2) is 36.6 Å². The Labute approximate surface area is 132 Å². The molecule has 1 amide bonds. The maximum absolute atomic E-state index is 12.3. The van der Waals surface area contributed by atoms with Crippen molar-refractivity contribution >= 4 is 5.91 Å². The molecule has 0 bridgehead atoms. The van der Waals surface area contributed by atoms with Crippen molar-refractivity contribution in [2.75, 3.05) is 13.2 Å². The number of ether oxygens (including phenoxy) is 2. The minimum atomic E-state index is -0.368. The number of allylic oxidation sites excluding steroid dienone is 1. The Bertz CT molecular complexity index is 428. The molecule has 0 radical (unpaired) electrons. The zero-order valence-electron chi connectivity index (χ0n) is 13.3. The number of aliphatic hydroxyl groups is 1. The zero-order valence-corrected chi connectivity index (χ0v) is 13.3. The van der Waals surface area contributed by atoms with Gasteiger partial charge in [0.25, 0.3) is 5.91 Å². The second-order valence-corrected chi connectivity index (χ2v) is 6.66. The normalized spacial score (nSPS) is 31.4. The van der Waals surface area contributed by atoms with E-state index in [1.807, 2.05) is 13.0 Å². The van der Waals surface area contributed by atoms with Crippen molar-refractivity contribution < 1.29 is 19.4 Å². The number of amides is 1. The first-order valence-corrected chi connectivity index (χ1v) is 8.64. The Hall–Kier alpha value is -1.07. The van der Waals surface area contributed by atoms with E-state index in [0.717, 1.165) is 25.7 Å². The number of nitrogens with one attached hydrogen (secondary N) is 1. The van der Waals surface area contributed by atoms with E-state index in [-0.39, 0.29) is 24.7 Å². The summed E-state index contributed by atoms with van der Waals surface area (Å²) in [4.78, 5) is 12.3. The van der Waals surface area contributed by atoms with Crippen LogP contribution in [0.3, 0.4) is 0 Å². The first-order chi connectivity index (χ1) is 10.7. The van der Waals surface area contributed by atoms with Gasteiger partial charge in [0.2, 0.25) is 6.29 Å². The number of hydrogen-bond donors (Lipinski definition) is 2. The van der Waals surface area contributed by atoms with Crippen molar-refractivity contribution in [1.82, 2.24) is 5.32 Å². The van der Waals surface area contributed by atoms with Crippen molar-refractivity contribution in [2.24, 2.45) is 17.8 Å². The van der Waals surface area contributed by atoms with E-state index in [1.54, 1.807) is 0 Å². The first-order valence-electron chi connectivity index (χ1n) is 8.64. The predicted molar refractivity (Wildman–Crippen MR) is 81.8 cm³/mol. The van der Waals surface area contributed by atoms with Crippen LogP contribution in [0.4, 0.5) is 0 Å². The number of carbonyl (C=O) groups excluding carboxylic acids is 1. The van der Waals surface area contributed by atoms with Gasteiger partial charge in [-0.3, -0.25) is 4.79 Å². The maximum atomic E-state index is 12.3. The average Bonchev–Trinajstić information content (AvgIpc) is 3.38. The lowest BCUT2D eigenvalue weighted by atomic mass is 9.82. The third kappa shape index (κ3) is 3.82. The molecular weight excluding hydrogens is 282 g/mol. The third-order valence-corrected chi connectivity index (χ3v) is 4.76. The fraction of sp³-hybridized carbons (Fsp3) is 0.824. The van der Waals surface area contributed by atoms with Crippen LogP contribution in [0.2, 0.25) is 0 Å². The van der Waals surface area contributed by atoms with Crippen molar-refractivity contribution in [2.45, 2.75) is 57.8 Å². The van der Waals surface area contributed by atoms with Gasteiger partial charge in [0.1, 0.15) is 0 Å². The van der Waals surface area contributed by atoms with Crippen LogP contribution in [0.15, 0.2) is 11.8 Å². The lowest BCUT2D eigenvalue weighted by Gasteiger charge is -2.37. The fourth-order valence-electron chi connectivity index (χ4n) is 3.29. The Morgan fingerprint density at radius 3 is 2.77 bits per heavy atom. The van der Waals surface area contributed by atoms with Crippen molar-refractivity contribution in [1.29, 1.82) is 0 Å². The Morgan fingerprint density at radius 1 is 1.41 bits per heavy atom. The monoisotopic (exact) mass is 309 g/mol. The molecule has 0 aromatic rings. The topological polar surface area (TPSA) is 67.8 Å². The summed E-state index contributed by atoms with van der Waals surface area (Å²) in [5.74, 6) is 1.54. The third-order valence-electron chi connectivity index (χ3n) is 4.76. The highest BCUT2D eigenvalue weighted by molar-refractivity contribution is 5.92. The van der Waals surface area contributed by atoms with Crippen LogP contribution in [0, 0.1) is 17.8 Å². The molecule has 3 rings (SSSR count). The second-order valence-electron chi connectivity index (χ2n) is 6.66. The summed E-state index contributed by atoms with van der Waals surface area (Å²) in [5.41, 5.74) is 0. The summed E-state index contributed by atoms with van der Waals surface area (Å²) in [6, 6.07) is 0.328. The highest BCUT2D eigenvalue weighted by atomic mass is 16.7. The number of carbonyl (C=O) groups is 1. The standard InChI is InChI=1S/C17H27NO4/c1-2-21-17-13(4-3-9-19)14(11-5-6-11)10-15(22-17)16(20)18-12-7-8-12/h10-14,17,19H,2-9H2,1H3,(H,18,20)/t13-,14+,17+/m1/s1. The van der Waals surface area contributed by atoms with Crippen LogP contribution >= 0.6 is 0 Å². The summed E-state index contributed by atoms with van der Waals surface area (Å²) in [5, 5.41) is 12.1. The van der Waals surface area contributed by atoms with Crippen LogP contribution in [-0.2, 0) is 14.3 Å². The highest BCUT2D eigenvalue weighted by Crippen LogP contribution is 2.47. The smallest absolute Gasteiger partial charge is 0.286 e. The molecule has 0 saturated heterocycles. The van der Waals surface area contributed by atoms with E-state index in [9.17, 15) is 4.79 Å². The van der Waals surface area contributed by atoms with Gasteiger partial charge >= 0.3 is 0 Å². The van der Waals surface area contributed by atoms with Gasteiger partial charge in [-0.2, -0.15) is 0 Å². The minimum Gasteiger partial charge on any atom is -0.459 e. The molecule has 1 heterocycles. The zero-order chi connectivity index (χ0) is 15.5. The molecule has 22 heavy (non-hydrogen) atoms. The molecule has 2 fully saturated rings. The molecule has 5 heteroatoms. The molecule has 0 aromatic heterocycles. The molecule has 1 aliphatic heterocycles. The van der Waals surface area contributed by atoms with E-state index >= 15 is 0 Å². The van der Waals surface area contributed by atoms with Crippen molar-refractivity contribution in [3.05, 3.63) is 11.8 Å². The van der Waals surface area contributed by atoms with Crippen LogP contribution in [0.25, 0.3) is 0 Å². The summed E-state index contributed by atoms with van der Waals surface area (Å²) in [7, 11) is 0. The molecule has 0 aromatic carbocycles. The van der Waals surface area contributed by atoms with Crippen LogP contribution in [0.1, 0.15) is 45.4 Å². The van der Waals surface area contributed by atoms with Gasteiger partial charge in [-0.25, -0.2) is 0 Å². The Morgan fingerprint density at radius 2 is 2.18 bits per heavy atom. The van der Waals surface area contributed by atoms with Gasteiger partial charge in [0, 0.05) is 25.2 Å². The molecular formula is C17H27NO4. The van der Waals surface area contributed by atoms with E-state index in [1.165, 1.54) is 12.8 Å². The van der Waals surface area contributed by atoms with Gasteiger partial charge < -0.3 is 19.9 Å². The van der Waals surface area contributed by atoms with E-state index in [2.05, 4.69) is 5.32 Å². The molecule has 0 unspecified atom stereocenters. The highest BCUT2D eigenvalue weighted by Gasteiger charge is 2.44. The first kappa shape index (κ1) is 15.8. The summed E-state index contributed by atoms with van der Waals surface area (Å²) >= 11 is 0. The molecule has 3 aliphatic rings. The molecule has 2 saturated carbocycles. The summed E-state index contributed by atoms with van der Waals surface area (Å²) < 4.78 is 11.7. The van der Waals surface area contributed by atoms with Gasteiger partial charge in [0.15, 0.2) is 5.76 Å². The van der Waals surface area contributed by atoms with Crippen LogP contribution < -0.4 is 5.32 Å². The molecule has 5 nitrogen and oxygen atoms in total. The fourth-order valence-corrected chi connectivity index (χ4v) is 3.29. The molecule has 124 valence electrons. The largest absolute Gasteiger partial charge is 0.459 e. The van der Waals surface area contributed by atoms with Gasteiger partial charge in [-0.15, -0.1) is 0 Å². The van der Waals surface area contributed by atoms with Crippen molar-refractivity contribution in [3.8, 4) is 0 Å². The summed E-state index contributed by atoms with van der Waals surface area (Å²) in [6.07, 6.45) is 7.84. The van der Waals surface area contributed by atoms with E-state index in [4.69, 9.17) is 14.6 Å². The van der Waals surface area contributed by atoms with E-state index in [0.29, 0.717) is 30.2 Å². The van der Waals surface area contributed by atoms with Crippen molar-refractivity contribution in [3.63, 3.8) is 0 Å². The van der Waals surface area contributed by atoms with E-state index < -0.39 is 0 Å². The van der Waals surface area contributed by atoms with Gasteiger partial charge in [-0.05, 0) is 63.4 Å². The lowest BCUT2D eigenvalue weighted by Crippen LogP contribution is -2.40. The quantitative estimate of drug-likeness (QED) is 0.719. The lowest BCUT2D eigenvalue weighted by molar-refractivity contribution is -0.173. The molecule has 0 spiro atoms. The maximum Gasteiger partial charge on any atom is 0.286 e. The predicted octanol–water partition coefficient (Wildman–Crippen LogP) is 1.96.